The van der Waals surface area contributed by atoms with Gasteiger partial charge in [-0.1, -0.05) is 17.7 Å². The van der Waals surface area contributed by atoms with Gasteiger partial charge in [0.05, 0.1) is 11.5 Å². The van der Waals surface area contributed by atoms with Crippen LogP contribution in [-0.4, -0.2) is 16.8 Å². The second-order valence-electron chi connectivity index (χ2n) is 4.07. The monoisotopic (exact) mass is 330 g/mol. The molecule has 0 saturated heterocycles. The first-order valence-corrected chi connectivity index (χ1v) is 9.87. The van der Waals surface area contributed by atoms with Gasteiger partial charge in [0.1, 0.15) is 0 Å². The standard InChI is InChI=1S/C10H12Cl2O4S2/c1-7-3-9(5-17(11,13)14)8(2)10(4-7)6-18(12,15)16/h3-4H,5-6H2,1-2H3. The van der Waals surface area contributed by atoms with Crippen molar-refractivity contribution in [3.63, 3.8) is 0 Å². The lowest BCUT2D eigenvalue weighted by Gasteiger charge is -2.11. The summed E-state index contributed by atoms with van der Waals surface area (Å²) in [6.07, 6.45) is 0. The average molecular weight is 331 g/mol. The van der Waals surface area contributed by atoms with Gasteiger partial charge >= 0.3 is 0 Å². The van der Waals surface area contributed by atoms with Gasteiger partial charge < -0.3 is 0 Å². The SMILES string of the molecule is Cc1cc(CS(=O)(=O)Cl)c(C)c(CS(=O)(=O)Cl)c1. The Morgan fingerprint density at radius 3 is 1.50 bits per heavy atom. The van der Waals surface area contributed by atoms with Crippen LogP contribution in [0.3, 0.4) is 0 Å². The first kappa shape index (κ1) is 15.8. The number of halogens is 2. The highest BCUT2D eigenvalue weighted by Crippen LogP contribution is 2.23. The first-order chi connectivity index (χ1) is 7.98. The molecule has 0 unspecified atom stereocenters. The van der Waals surface area contributed by atoms with Crippen LogP contribution in [0.5, 0.6) is 0 Å². The summed E-state index contributed by atoms with van der Waals surface area (Å²) in [5.74, 6) is -0.672. The van der Waals surface area contributed by atoms with Gasteiger partial charge in [0.25, 0.3) is 0 Å². The van der Waals surface area contributed by atoms with Crippen molar-refractivity contribution >= 4 is 39.5 Å². The number of rotatable bonds is 4. The molecule has 0 amide bonds. The second-order valence-corrected chi connectivity index (χ2v) is 9.63. The zero-order chi connectivity index (χ0) is 14.1. The molecule has 8 heteroatoms. The molecule has 0 spiro atoms. The molecular weight excluding hydrogens is 319 g/mol. The Hall–Kier alpha value is -0.300. The minimum absolute atomic E-state index is 0.336. The van der Waals surface area contributed by atoms with Gasteiger partial charge in [-0.15, -0.1) is 0 Å². The Bertz CT molecular complexity index is 608. The van der Waals surface area contributed by atoms with Gasteiger partial charge in [-0.3, -0.25) is 0 Å². The van der Waals surface area contributed by atoms with E-state index in [1.807, 2.05) is 0 Å². The van der Waals surface area contributed by atoms with Crippen molar-refractivity contribution in [3.05, 3.63) is 34.4 Å². The van der Waals surface area contributed by atoms with Gasteiger partial charge in [-0.2, -0.15) is 0 Å². The van der Waals surface area contributed by atoms with Gasteiger partial charge in [-0.25, -0.2) is 16.8 Å². The van der Waals surface area contributed by atoms with E-state index in [9.17, 15) is 16.8 Å². The van der Waals surface area contributed by atoms with Crippen molar-refractivity contribution in [2.75, 3.05) is 0 Å². The molecule has 102 valence electrons. The Balaban J connectivity index is 3.31. The summed E-state index contributed by atoms with van der Waals surface area (Å²) in [6.45, 7) is 3.39. The van der Waals surface area contributed by atoms with Crippen LogP contribution in [0.25, 0.3) is 0 Å². The summed E-state index contributed by atoms with van der Waals surface area (Å²) in [5.41, 5.74) is 2.31. The Labute approximate surface area is 116 Å². The number of aryl methyl sites for hydroxylation is 1. The van der Waals surface area contributed by atoms with Crippen LogP contribution in [0.15, 0.2) is 12.1 Å². The van der Waals surface area contributed by atoms with Crippen molar-refractivity contribution in [1.82, 2.24) is 0 Å². The van der Waals surface area contributed by atoms with Gasteiger partial charge in [0, 0.05) is 21.4 Å². The molecule has 0 atom stereocenters. The maximum Gasteiger partial charge on any atom is 0.236 e. The molecule has 4 nitrogen and oxygen atoms in total. The van der Waals surface area contributed by atoms with Crippen LogP contribution in [0.2, 0.25) is 0 Å². The number of hydrogen-bond donors (Lipinski definition) is 0. The minimum atomic E-state index is -3.69. The predicted octanol–water partition coefficient (Wildman–Crippen LogP) is 2.44. The third-order valence-corrected chi connectivity index (χ3v) is 4.39. The first-order valence-electron chi connectivity index (χ1n) is 4.91. The number of benzene rings is 1. The molecule has 1 aromatic carbocycles. The Morgan fingerprint density at radius 1 is 0.889 bits per heavy atom. The van der Waals surface area contributed by atoms with E-state index in [1.165, 1.54) is 0 Å². The van der Waals surface area contributed by atoms with Crippen LogP contribution in [0, 0.1) is 13.8 Å². The molecule has 0 bridgehead atoms. The van der Waals surface area contributed by atoms with Crippen molar-refractivity contribution in [1.29, 1.82) is 0 Å². The van der Waals surface area contributed by atoms with Crippen LogP contribution in [0.4, 0.5) is 0 Å². The van der Waals surface area contributed by atoms with Crippen molar-refractivity contribution in [2.45, 2.75) is 25.4 Å². The predicted molar refractivity (Wildman–Crippen MR) is 72.9 cm³/mol. The zero-order valence-electron chi connectivity index (χ0n) is 9.77. The summed E-state index contributed by atoms with van der Waals surface area (Å²) >= 11 is 0. The molecular formula is C10H12Cl2O4S2. The maximum absolute atomic E-state index is 11.1. The van der Waals surface area contributed by atoms with Crippen LogP contribution in [0.1, 0.15) is 22.3 Å². The largest absolute Gasteiger partial charge is 0.236 e. The highest BCUT2D eigenvalue weighted by molar-refractivity contribution is 8.13. The van der Waals surface area contributed by atoms with E-state index in [2.05, 4.69) is 0 Å². The van der Waals surface area contributed by atoms with Crippen LogP contribution < -0.4 is 0 Å². The molecule has 0 aliphatic carbocycles. The molecule has 0 saturated carbocycles. The van der Waals surface area contributed by atoms with Gasteiger partial charge in [0.15, 0.2) is 0 Å². The molecule has 0 aliphatic heterocycles. The van der Waals surface area contributed by atoms with Gasteiger partial charge in [0.2, 0.25) is 18.1 Å². The van der Waals surface area contributed by atoms with E-state index < -0.39 is 18.1 Å². The minimum Gasteiger partial charge on any atom is -0.212 e. The summed E-state index contributed by atoms with van der Waals surface area (Å²) in [6, 6.07) is 3.33. The van der Waals surface area contributed by atoms with E-state index in [0.29, 0.717) is 16.7 Å². The average Bonchev–Trinajstić information content (AvgIpc) is 2.07. The fraction of sp³-hybridized carbons (Fsp3) is 0.400. The van der Waals surface area contributed by atoms with Gasteiger partial charge in [-0.05, 0) is 30.5 Å². The van der Waals surface area contributed by atoms with E-state index in [-0.39, 0.29) is 11.5 Å². The second kappa shape index (κ2) is 5.36. The third kappa shape index (κ3) is 5.14. The molecule has 1 aromatic rings. The van der Waals surface area contributed by atoms with Crippen LogP contribution in [-0.2, 0) is 29.6 Å². The summed E-state index contributed by atoms with van der Waals surface area (Å²) in [4.78, 5) is 0. The molecule has 0 fully saturated rings. The third-order valence-electron chi connectivity index (χ3n) is 2.42. The molecule has 0 N–H and O–H groups in total. The van der Waals surface area contributed by atoms with Crippen LogP contribution >= 0.6 is 21.4 Å². The van der Waals surface area contributed by atoms with E-state index in [4.69, 9.17) is 21.4 Å². The normalized spacial score (nSPS) is 12.7. The lowest BCUT2D eigenvalue weighted by molar-refractivity contribution is 0.607. The maximum atomic E-state index is 11.1. The van der Waals surface area contributed by atoms with E-state index in [0.717, 1.165) is 5.56 Å². The molecule has 0 radical (unpaired) electrons. The highest BCUT2D eigenvalue weighted by Gasteiger charge is 2.16. The van der Waals surface area contributed by atoms with E-state index >= 15 is 0 Å². The molecule has 1 rings (SSSR count). The molecule has 18 heavy (non-hydrogen) atoms. The highest BCUT2D eigenvalue weighted by atomic mass is 35.7. The van der Waals surface area contributed by atoms with E-state index in [1.54, 1.807) is 26.0 Å². The molecule has 0 heterocycles. The van der Waals surface area contributed by atoms with Crippen molar-refractivity contribution in [3.8, 4) is 0 Å². The Kier molecular flexibility index (Phi) is 4.70. The molecule has 0 aromatic heterocycles. The summed E-state index contributed by atoms with van der Waals surface area (Å²) in [5, 5.41) is 0. The summed E-state index contributed by atoms with van der Waals surface area (Å²) < 4.78 is 44.3. The fourth-order valence-electron chi connectivity index (χ4n) is 1.69. The lowest BCUT2D eigenvalue weighted by atomic mass is 10.0. The quantitative estimate of drug-likeness (QED) is 0.795. The smallest absolute Gasteiger partial charge is 0.212 e. The topological polar surface area (TPSA) is 68.3 Å². The Morgan fingerprint density at radius 2 is 1.22 bits per heavy atom. The fourth-order valence-corrected chi connectivity index (χ4v) is 3.73. The summed E-state index contributed by atoms with van der Waals surface area (Å²) in [7, 11) is 3.04. The lowest BCUT2D eigenvalue weighted by Crippen LogP contribution is -2.04. The molecule has 0 aliphatic rings. The number of hydrogen-bond acceptors (Lipinski definition) is 4. The van der Waals surface area contributed by atoms with Crippen molar-refractivity contribution < 1.29 is 16.8 Å². The van der Waals surface area contributed by atoms with Crippen molar-refractivity contribution in [2.24, 2.45) is 0 Å². The zero-order valence-corrected chi connectivity index (χ0v) is 12.9.